The van der Waals surface area contributed by atoms with Gasteiger partial charge in [-0.25, -0.2) is 4.39 Å². The molecule has 1 aromatic carbocycles. The van der Waals surface area contributed by atoms with Crippen LogP contribution in [0.5, 0.6) is 0 Å². The summed E-state index contributed by atoms with van der Waals surface area (Å²) >= 11 is 0. The predicted molar refractivity (Wildman–Crippen MR) is 68.6 cm³/mol. The molecule has 1 aliphatic heterocycles. The molecule has 0 saturated carbocycles. The van der Waals surface area contributed by atoms with Crippen molar-refractivity contribution in [2.45, 2.75) is 25.9 Å². The van der Waals surface area contributed by atoms with E-state index in [0.29, 0.717) is 17.7 Å². The predicted octanol–water partition coefficient (Wildman–Crippen LogP) is 1.41. The largest absolute Gasteiger partial charge is 0.352 e. The molecule has 0 aromatic heterocycles. The highest BCUT2D eigenvalue weighted by Crippen LogP contribution is 2.17. The molecule has 1 N–H and O–H groups in total. The first-order chi connectivity index (χ1) is 9.08. The third-order valence-electron chi connectivity index (χ3n) is 3.26. The van der Waals surface area contributed by atoms with Crippen LogP contribution in [0.2, 0.25) is 0 Å². The Hall–Kier alpha value is -1.93. The fraction of sp³-hybridized carbons (Fsp3) is 0.429. The molecule has 0 spiro atoms. The molecular formula is C14H16FN3O. The summed E-state index contributed by atoms with van der Waals surface area (Å²) < 4.78 is 13.2. The van der Waals surface area contributed by atoms with Crippen molar-refractivity contribution in [1.82, 2.24) is 10.2 Å². The Morgan fingerprint density at radius 1 is 1.63 bits per heavy atom. The molecule has 4 nitrogen and oxygen atoms in total. The second kappa shape index (κ2) is 5.81. The maximum absolute atomic E-state index is 13.2. The van der Waals surface area contributed by atoms with E-state index >= 15 is 0 Å². The van der Waals surface area contributed by atoms with Gasteiger partial charge in [0, 0.05) is 32.6 Å². The zero-order valence-electron chi connectivity index (χ0n) is 10.8. The molecule has 0 radical (unpaired) electrons. The van der Waals surface area contributed by atoms with Gasteiger partial charge >= 0.3 is 0 Å². The highest BCUT2D eigenvalue weighted by atomic mass is 19.1. The van der Waals surface area contributed by atoms with Crippen LogP contribution in [-0.4, -0.2) is 29.9 Å². The third-order valence-corrected chi connectivity index (χ3v) is 3.26. The third kappa shape index (κ3) is 3.52. The second-order valence-electron chi connectivity index (χ2n) is 4.83. The minimum atomic E-state index is -0.327. The van der Waals surface area contributed by atoms with Crippen molar-refractivity contribution in [3.8, 4) is 6.07 Å². The number of rotatable bonds is 3. The second-order valence-corrected chi connectivity index (χ2v) is 4.83. The summed E-state index contributed by atoms with van der Waals surface area (Å²) in [5.74, 6) is -0.359. The molecule has 1 heterocycles. The zero-order valence-corrected chi connectivity index (χ0v) is 10.8. The number of carbonyl (C=O) groups is 1. The van der Waals surface area contributed by atoms with E-state index in [1.807, 2.05) is 0 Å². The maximum atomic E-state index is 13.2. The van der Waals surface area contributed by atoms with Crippen LogP contribution in [0.25, 0.3) is 0 Å². The van der Waals surface area contributed by atoms with Crippen LogP contribution in [0.15, 0.2) is 18.2 Å². The Kier molecular flexibility index (Phi) is 4.13. The van der Waals surface area contributed by atoms with Gasteiger partial charge in [0.25, 0.3) is 0 Å². The van der Waals surface area contributed by atoms with Gasteiger partial charge in [-0.2, -0.15) is 5.26 Å². The molecule has 19 heavy (non-hydrogen) atoms. The van der Waals surface area contributed by atoms with Crippen molar-refractivity contribution in [1.29, 1.82) is 5.26 Å². The van der Waals surface area contributed by atoms with Gasteiger partial charge in [0.05, 0.1) is 11.6 Å². The van der Waals surface area contributed by atoms with Crippen LogP contribution >= 0.6 is 0 Å². The molecule has 1 fully saturated rings. The standard InChI is InChI=1S/C14H16FN3O/c1-10(19)17-14-4-5-18(9-14)8-12-6-13(15)3-2-11(12)7-16/h2-3,6,14H,4-5,8-9H2,1H3,(H,17,19). The Balaban J connectivity index is 2.01. The van der Waals surface area contributed by atoms with Gasteiger partial charge in [0.2, 0.25) is 5.91 Å². The number of nitriles is 1. The SMILES string of the molecule is CC(=O)NC1CCN(Cc2cc(F)ccc2C#N)C1. The number of halogens is 1. The van der Waals surface area contributed by atoms with Gasteiger partial charge in [0.1, 0.15) is 5.82 Å². The average molecular weight is 261 g/mol. The number of amides is 1. The fourth-order valence-corrected chi connectivity index (χ4v) is 2.42. The summed E-state index contributed by atoms with van der Waals surface area (Å²) in [7, 11) is 0. The van der Waals surface area contributed by atoms with Crippen molar-refractivity contribution in [2.75, 3.05) is 13.1 Å². The van der Waals surface area contributed by atoms with Gasteiger partial charge in [0.15, 0.2) is 0 Å². The Bertz CT molecular complexity index is 524. The minimum Gasteiger partial charge on any atom is -0.352 e. The van der Waals surface area contributed by atoms with Crippen LogP contribution < -0.4 is 5.32 Å². The maximum Gasteiger partial charge on any atom is 0.217 e. The van der Waals surface area contributed by atoms with Crippen LogP contribution in [0, 0.1) is 17.1 Å². The molecule has 1 saturated heterocycles. The first-order valence-corrected chi connectivity index (χ1v) is 6.26. The van der Waals surface area contributed by atoms with Crippen LogP contribution in [0.1, 0.15) is 24.5 Å². The Labute approximate surface area is 111 Å². The zero-order chi connectivity index (χ0) is 13.8. The molecular weight excluding hydrogens is 245 g/mol. The van der Waals surface area contributed by atoms with Gasteiger partial charge in [-0.1, -0.05) is 0 Å². The number of hydrogen-bond acceptors (Lipinski definition) is 3. The summed E-state index contributed by atoms with van der Waals surface area (Å²) in [6.45, 7) is 3.62. The lowest BCUT2D eigenvalue weighted by Gasteiger charge is -2.17. The Morgan fingerprint density at radius 2 is 2.42 bits per heavy atom. The normalized spacial score (nSPS) is 19.1. The molecule has 2 rings (SSSR count). The van der Waals surface area contributed by atoms with Crippen molar-refractivity contribution in [3.63, 3.8) is 0 Å². The van der Waals surface area contributed by atoms with E-state index in [4.69, 9.17) is 5.26 Å². The number of nitrogens with zero attached hydrogens (tertiary/aromatic N) is 2. The van der Waals surface area contributed by atoms with E-state index in [9.17, 15) is 9.18 Å². The Morgan fingerprint density at radius 3 is 3.11 bits per heavy atom. The van der Waals surface area contributed by atoms with Gasteiger partial charge < -0.3 is 5.32 Å². The summed E-state index contributed by atoms with van der Waals surface area (Å²) in [4.78, 5) is 13.1. The first kappa shape index (κ1) is 13.5. The lowest BCUT2D eigenvalue weighted by atomic mass is 10.1. The molecule has 1 amide bonds. The van der Waals surface area contributed by atoms with E-state index in [0.717, 1.165) is 19.5 Å². The quantitative estimate of drug-likeness (QED) is 0.895. The lowest BCUT2D eigenvalue weighted by molar-refractivity contribution is -0.119. The number of nitrogens with one attached hydrogen (secondary N) is 1. The average Bonchev–Trinajstić information content (AvgIpc) is 2.76. The monoisotopic (exact) mass is 261 g/mol. The van der Waals surface area contributed by atoms with Gasteiger partial charge in [-0.05, 0) is 30.2 Å². The van der Waals surface area contributed by atoms with Crippen LogP contribution in [-0.2, 0) is 11.3 Å². The summed E-state index contributed by atoms with van der Waals surface area (Å²) in [5, 5.41) is 11.9. The minimum absolute atomic E-state index is 0.0321. The lowest BCUT2D eigenvalue weighted by Crippen LogP contribution is -2.35. The molecule has 1 atom stereocenters. The van der Waals surface area contributed by atoms with Crippen molar-refractivity contribution in [3.05, 3.63) is 35.1 Å². The smallest absolute Gasteiger partial charge is 0.217 e. The highest BCUT2D eigenvalue weighted by molar-refractivity contribution is 5.73. The molecule has 1 unspecified atom stereocenters. The van der Waals surface area contributed by atoms with Crippen molar-refractivity contribution in [2.24, 2.45) is 0 Å². The number of benzene rings is 1. The molecule has 0 aliphatic carbocycles. The summed E-state index contributed by atoms with van der Waals surface area (Å²) in [6.07, 6.45) is 0.886. The number of carbonyl (C=O) groups excluding carboxylic acids is 1. The van der Waals surface area contributed by atoms with Gasteiger partial charge in [-0.15, -0.1) is 0 Å². The van der Waals surface area contributed by atoms with Crippen LogP contribution in [0.3, 0.4) is 0 Å². The topological polar surface area (TPSA) is 56.1 Å². The molecule has 100 valence electrons. The number of hydrogen-bond donors (Lipinski definition) is 1. The van der Waals surface area contributed by atoms with E-state index in [1.54, 1.807) is 0 Å². The van der Waals surface area contributed by atoms with Crippen molar-refractivity contribution < 1.29 is 9.18 Å². The molecule has 1 aromatic rings. The van der Waals surface area contributed by atoms with Crippen LogP contribution in [0.4, 0.5) is 4.39 Å². The fourth-order valence-electron chi connectivity index (χ4n) is 2.42. The van der Waals surface area contributed by atoms with E-state index in [-0.39, 0.29) is 17.8 Å². The van der Waals surface area contributed by atoms with E-state index in [2.05, 4.69) is 16.3 Å². The van der Waals surface area contributed by atoms with E-state index in [1.165, 1.54) is 25.1 Å². The number of likely N-dealkylation sites (tertiary alicyclic amines) is 1. The molecule has 5 heteroatoms. The highest BCUT2D eigenvalue weighted by Gasteiger charge is 2.23. The summed E-state index contributed by atoms with van der Waals surface area (Å²) in [5.41, 5.74) is 1.20. The molecule has 1 aliphatic rings. The summed E-state index contributed by atoms with van der Waals surface area (Å²) in [6, 6.07) is 6.44. The first-order valence-electron chi connectivity index (χ1n) is 6.26. The molecule has 0 bridgehead atoms. The van der Waals surface area contributed by atoms with Gasteiger partial charge in [-0.3, -0.25) is 9.69 Å². The van der Waals surface area contributed by atoms with Crippen molar-refractivity contribution >= 4 is 5.91 Å². The van der Waals surface area contributed by atoms with E-state index < -0.39 is 0 Å².